The lowest BCUT2D eigenvalue weighted by molar-refractivity contribution is 0.155. The highest BCUT2D eigenvalue weighted by atomic mass is 16.5. The van der Waals surface area contributed by atoms with Crippen molar-refractivity contribution in [2.45, 2.75) is 45.7 Å². The Kier molecular flexibility index (Phi) is 8.90. The lowest BCUT2D eigenvalue weighted by Crippen LogP contribution is -2.43. The molecule has 1 N–H and O–H groups in total. The summed E-state index contributed by atoms with van der Waals surface area (Å²) in [4.78, 5) is 2.31. The smallest absolute Gasteiger partial charge is 0.0615 e. The van der Waals surface area contributed by atoms with Crippen molar-refractivity contribution >= 4 is 0 Å². The standard InChI is InChI=1S/C13H30N2O/c1-7-12(10-16-6)14-9-13(15(4)5)8-11(2)3/h11-14H,7-10H2,1-6H3. The molecule has 2 atom stereocenters. The van der Waals surface area contributed by atoms with Gasteiger partial charge < -0.3 is 15.0 Å². The predicted octanol–water partition coefficient (Wildman–Crippen LogP) is 1.98. The van der Waals surface area contributed by atoms with Crippen LogP contribution < -0.4 is 5.32 Å². The largest absolute Gasteiger partial charge is 0.383 e. The van der Waals surface area contributed by atoms with E-state index in [9.17, 15) is 0 Å². The van der Waals surface area contributed by atoms with Gasteiger partial charge in [-0.05, 0) is 32.9 Å². The lowest BCUT2D eigenvalue weighted by atomic mass is 10.0. The van der Waals surface area contributed by atoms with Crippen LogP contribution in [0.5, 0.6) is 0 Å². The second-order valence-corrected chi connectivity index (χ2v) is 5.22. The Morgan fingerprint density at radius 2 is 1.88 bits per heavy atom. The monoisotopic (exact) mass is 230 g/mol. The summed E-state index contributed by atoms with van der Waals surface area (Å²) in [6, 6.07) is 1.10. The Morgan fingerprint density at radius 3 is 2.25 bits per heavy atom. The Morgan fingerprint density at radius 1 is 1.25 bits per heavy atom. The van der Waals surface area contributed by atoms with Gasteiger partial charge in [-0.3, -0.25) is 0 Å². The SMILES string of the molecule is CCC(COC)NCC(CC(C)C)N(C)C. The summed E-state index contributed by atoms with van der Waals surface area (Å²) in [6.45, 7) is 8.61. The first-order chi connectivity index (χ1) is 7.51. The minimum atomic E-state index is 0.486. The van der Waals surface area contributed by atoms with E-state index in [1.807, 2.05) is 0 Å². The first-order valence-corrected chi connectivity index (χ1v) is 6.39. The Hall–Kier alpha value is -0.120. The van der Waals surface area contributed by atoms with E-state index in [0.717, 1.165) is 25.5 Å². The van der Waals surface area contributed by atoms with Gasteiger partial charge in [-0.1, -0.05) is 20.8 Å². The molecule has 3 nitrogen and oxygen atoms in total. The van der Waals surface area contributed by atoms with Crippen LogP contribution in [-0.4, -0.2) is 51.3 Å². The Bertz CT molecular complexity index is 160. The summed E-state index contributed by atoms with van der Waals surface area (Å²) in [5.41, 5.74) is 0. The van der Waals surface area contributed by atoms with Crippen LogP contribution in [0.4, 0.5) is 0 Å². The second-order valence-electron chi connectivity index (χ2n) is 5.22. The van der Waals surface area contributed by atoms with Gasteiger partial charge in [0.15, 0.2) is 0 Å². The molecular formula is C13H30N2O. The van der Waals surface area contributed by atoms with E-state index < -0.39 is 0 Å². The third-order valence-electron chi connectivity index (χ3n) is 2.98. The van der Waals surface area contributed by atoms with E-state index in [-0.39, 0.29) is 0 Å². The molecule has 16 heavy (non-hydrogen) atoms. The molecule has 98 valence electrons. The molecule has 0 amide bonds. The van der Waals surface area contributed by atoms with Crippen LogP contribution in [0.25, 0.3) is 0 Å². The van der Waals surface area contributed by atoms with Crippen molar-refractivity contribution in [3.63, 3.8) is 0 Å². The zero-order chi connectivity index (χ0) is 12.6. The van der Waals surface area contributed by atoms with Gasteiger partial charge in [0.1, 0.15) is 0 Å². The number of nitrogens with one attached hydrogen (secondary N) is 1. The van der Waals surface area contributed by atoms with Crippen LogP contribution in [0.15, 0.2) is 0 Å². The minimum absolute atomic E-state index is 0.486. The number of nitrogens with zero attached hydrogens (tertiary/aromatic N) is 1. The molecule has 0 saturated heterocycles. The average molecular weight is 230 g/mol. The highest BCUT2D eigenvalue weighted by molar-refractivity contribution is 4.74. The fourth-order valence-electron chi connectivity index (χ4n) is 1.85. The van der Waals surface area contributed by atoms with Crippen molar-refractivity contribution in [2.75, 3.05) is 34.4 Å². The molecule has 0 aliphatic carbocycles. The summed E-state index contributed by atoms with van der Waals surface area (Å²) >= 11 is 0. The zero-order valence-electron chi connectivity index (χ0n) is 11.9. The van der Waals surface area contributed by atoms with Crippen LogP contribution in [0.2, 0.25) is 0 Å². The molecule has 3 heteroatoms. The molecule has 0 saturated carbocycles. The number of hydrogen-bond acceptors (Lipinski definition) is 3. The summed E-state index contributed by atoms with van der Waals surface area (Å²) in [5.74, 6) is 0.747. The van der Waals surface area contributed by atoms with E-state index in [4.69, 9.17) is 4.74 Å². The molecular weight excluding hydrogens is 200 g/mol. The van der Waals surface area contributed by atoms with Crippen LogP contribution in [0.3, 0.4) is 0 Å². The molecule has 0 radical (unpaired) electrons. The molecule has 0 aliphatic heterocycles. The van der Waals surface area contributed by atoms with E-state index in [0.29, 0.717) is 12.1 Å². The number of ether oxygens (including phenoxy) is 1. The van der Waals surface area contributed by atoms with Crippen molar-refractivity contribution in [2.24, 2.45) is 5.92 Å². The van der Waals surface area contributed by atoms with Crippen LogP contribution in [0, 0.1) is 5.92 Å². The third-order valence-corrected chi connectivity index (χ3v) is 2.98. The summed E-state index contributed by atoms with van der Waals surface area (Å²) < 4.78 is 5.19. The molecule has 0 spiro atoms. The fourth-order valence-corrected chi connectivity index (χ4v) is 1.85. The van der Waals surface area contributed by atoms with Crippen LogP contribution in [0.1, 0.15) is 33.6 Å². The third kappa shape index (κ3) is 7.20. The van der Waals surface area contributed by atoms with Gasteiger partial charge in [0.25, 0.3) is 0 Å². The van der Waals surface area contributed by atoms with Crippen molar-refractivity contribution in [3.8, 4) is 0 Å². The first kappa shape index (κ1) is 15.9. The van der Waals surface area contributed by atoms with Gasteiger partial charge in [0.05, 0.1) is 6.61 Å². The van der Waals surface area contributed by atoms with Crippen molar-refractivity contribution in [1.82, 2.24) is 10.2 Å². The predicted molar refractivity (Wildman–Crippen MR) is 70.9 cm³/mol. The summed E-state index contributed by atoms with van der Waals surface area (Å²) in [7, 11) is 6.08. The normalized spacial score (nSPS) is 15.8. The van der Waals surface area contributed by atoms with Gasteiger partial charge in [-0.15, -0.1) is 0 Å². The van der Waals surface area contributed by atoms with Crippen LogP contribution >= 0.6 is 0 Å². The van der Waals surface area contributed by atoms with E-state index >= 15 is 0 Å². The molecule has 0 fully saturated rings. The van der Waals surface area contributed by atoms with Gasteiger partial charge in [0, 0.05) is 25.7 Å². The first-order valence-electron chi connectivity index (χ1n) is 6.39. The highest BCUT2D eigenvalue weighted by Gasteiger charge is 2.15. The average Bonchev–Trinajstić information content (AvgIpc) is 2.21. The molecule has 0 aromatic carbocycles. The molecule has 2 unspecified atom stereocenters. The lowest BCUT2D eigenvalue weighted by Gasteiger charge is -2.28. The molecule has 0 rings (SSSR count). The van der Waals surface area contributed by atoms with Gasteiger partial charge in [-0.25, -0.2) is 0 Å². The number of likely N-dealkylation sites (N-methyl/N-ethyl adjacent to an activating group) is 1. The Labute approximate surface area is 102 Å². The Balaban J connectivity index is 3.99. The maximum atomic E-state index is 5.19. The van der Waals surface area contributed by atoms with Gasteiger partial charge >= 0.3 is 0 Å². The number of rotatable bonds is 9. The van der Waals surface area contributed by atoms with Crippen molar-refractivity contribution in [1.29, 1.82) is 0 Å². The van der Waals surface area contributed by atoms with Gasteiger partial charge in [-0.2, -0.15) is 0 Å². The molecule has 0 aromatic rings. The van der Waals surface area contributed by atoms with E-state index in [1.165, 1.54) is 6.42 Å². The zero-order valence-corrected chi connectivity index (χ0v) is 11.9. The summed E-state index contributed by atoms with van der Waals surface area (Å²) in [5, 5.41) is 3.59. The van der Waals surface area contributed by atoms with Crippen LogP contribution in [-0.2, 0) is 4.74 Å². The van der Waals surface area contributed by atoms with E-state index in [1.54, 1.807) is 7.11 Å². The summed E-state index contributed by atoms with van der Waals surface area (Å²) in [6.07, 6.45) is 2.36. The maximum absolute atomic E-state index is 5.19. The quantitative estimate of drug-likeness (QED) is 0.655. The van der Waals surface area contributed by atoms with Crippen molar-refractivity contribution in [3.05, 3.63) is 0 Å². The highest BCUT2D eigenvalue weighted by Crippen LogP contribution is 2.08. The second kappa shape index (κ2) is 8.97. The minimum Gasteiger partial charge on any atom is -0.383 e. The number of hydrogen-bond donors (Lipinski definition) is 1. The topological polar surface area (TPSA) is 24.5 Å². The van der Waals surface area contributed by atoms with Gasteiger partial charge in [0.2, 0.25) is 0 Å². The van der Waals surface area contributed by atoms with Crippen molar-refractivity contribution < 1.29 is 4.74 Å². The molecule has 0 bridgehead atoms. The molecule has 0 aromatic heterocycles. The number of methoxy groups -OCH3 is 1. The van der Waals surface area contributed by atoms with E-state index in [2.05, 4.69) is 45.1 Å². The molecule has 0 aliphatic rings. The maximum Gasteiger partial charge on any atom is 0.0615 e. The molecule has 0 heterocycles. The fraction of sp³-hybridized carbons (Fsp3) is 1.00.